The number of ketones is 1. The average Bonchev–Trinajstić information content (AvgIpc) is 2.51. The molecule has 21 heavy (non-hydrogen) atoms. The van der Waals surface area contributed by atoms with E-state index in [2.05, 4.69) is 13.2 Å². The van der Waals surface area contributed by atoms with Gasteiger partial charge in [0.2, 0.25) is 0 Å². The molecule has 0 aromatic heterocycles. The van der Waals surface area contributed by atoms with Gasteiger partial charge in [-0.1, -0.05) is 61.7 Å². The Balaban J connectivity index is 2.28. The number of carbonyl (C=O) groups is 1. The van der Waals surface area contributed by atoms with Crippen LogP contribution in [0.25, 0.3) is 6.08 Å². The van der Waals surface area contributed by atoms with Gasteiger partial charge in [-0.05, 0) is 42.6 Å². The van der Waals surface area contributed by atoms with E-state index in [-0.39, 0.29) is 5.78 Å². The van der Waals surface area contributed by atoms with E-state index >= 15 is 0 Å². The van der Waals surface area contributed by atoms with E-state index < -0.39 is 0 Å². The number of hydrogen-bond acceptors (Lipinski definition) is 1. The summed E-state index contributed by atoms with van der Waals surface area (Å²) in [4.78, 5) is 12.6. The summed E-state index contributed by atoms with van der Waals surface area (Å²) in [5.41, 5.74) is 3.75. The zero-order chi connectivity index (χ0) is 15.1. The van der Waals surface area contributed by atoms with Crippen molar-refractivity contribution in [3.8, 4) is 0 Å². The van der Waals surface area contributed by atoms with E-state index in [4.69, 9.17) is 0 Å². The predicted molar refractivity (Wildman–Crippen MR) is 89.8 cm³/mol. The van der Waals surface area contributed by atoms with E-state index in [1.807, 2.05) is 48.6 Å². The van der Waals surface area contributed by atoms with Crippen LogP contribution in [0.4, 0.5) is 0 Å². The van der Waals surface area contributed by atoms with Crippen molar-refractivity contribution in [1.29, 1.82) is 0 Å². The van der Waals surface area contributed by atoms with Crippen LogP contribution < -0.4 is 0 Å². The lowest BCUT2D eigenvalue weighted by molar-refractivity contribution is -0.112. The molecule has 0 aliphatic heterocycles. The van der Waals surface area contributed by atoms with Crippen LogP contribution in [0.2, 0.25) is 0 Å². The summed E-state index contributed by atoms with van der Waals surface area (Å²) in [6.45, 7) is 7.45. The molecule has 0 atom stereocenters. The SMILES string of the molecule is C=C/C=C(C=C)/C=C1\CCC/C(=C\c2ccccc2)C1=O. The van der Waals surface area contributed by atoms with Crippen LogP contribution in [0.3, 0.4) is 0 Å². The highest BCUT2D eigenvalue weighted by Crippen LogP contribution is 2.27. The van der Waals surface area contributed by atoms with Gasteiger partial charge in [0.1, 0.15) is 0 Å². The van der Waals surface area contributed by atoms with E-state index in [1.54, 1.807) is 12.2 Å². The second kappa shape index (κ2) is 7.39. The minimum atomic E-state index is 0.155. The molecule has 0 saturated heterocycles. The third-order valence-electron chi connectivity index (χ3n) is 3.50. The summed E-state index contributed by atoms with van der Waals surface area (Å²) in [5.74, 6) is 0.155. The molecule has 1 fully saturated rings. The normalized spacial score (nSPS) is 19.8. The molecule has 0 heterocycles. The Morgan fingerprint density at radius 3 is 2.43 bits per heavy atom. The van der Waals surface area contributed by atoms with Gasteiger partial charge in [-0.2, -0.15) is 0 Å². The van der Waals surface area contributed by atoms with Crippen LogP contribution in [0.1, 0.15) is 24.8 Å². The Morgan fingerprint density at radius 2 is 1.76 bits per heavy atom. The zero-order valence-electron chi connectivity index (χ0n) is 12.2. The van der Waals surface area contributed by atoms with Gasteiger partial charge in [0.05, 0.1) is 0 Å². The molecule has 1 aliphatic carbocycles. The minimum Gasteiger partial charge on any atom is -0.289 e. The number of allylic oxidation sites excluding steroid dienone is 7. The lowest BCUT2D eigenvalue weighted by Crippen LogP contribution is -2.12. The topological polar surface area (TPSA) is 17.1 Å². The fourth-order valence-corrected chi connectivity index (χ4v) is 2.44. The van der Waals surface area contributed by atoms with Crippen LogP contribution in [-0.2, 0) is 4.79 Å². The standard InChI is InChI=1S/C20H20O/c1-3-9-16(4-2)14-18-12-8-13-19(20(18)21)15-17-10-6-5-7-11-17/h3-7,9-11,14-15H,1-2,8,12-13H2/b16-9+,18-14+,19-15+. The van der Waals surface area contributed by atoms with Crippen LogP contribution >= 0.6 is 0 Å². The molecule has 1 nitrogen and oxygen atoms in total. The Kier molecular flexibility index (Phi) is 5.28. The second-order valence-corrected chi connectivity index (χ2v) is 5.04. The first-order valence-electron chi connectivity index (χ1n) is 7.20. The van der Waals surface area contributed by atoms with Gasteiger partial charge in [0.15, 0.2) is 5.78 Å². The molecule has 0 radical (unpaired) electrons. The Bertz CT molecular complexity index is 627. The summed E-state index contributed by atoms with van der Waals surface area (Å²) in [6, 6.07) is 9.99. The van der Waals surface area contributed by atoms with E-state index in [0.717, 1.165) is 41.5 Å². The summed E-state index contributed by atoms with van der Waals surface area (Å²) in [7, 11) is 0. The van der Waals surface area contributed by atoms with Crippen molar-refractivity contribution >= 4 is 11.9 Å². The third-order valence-corrected chi connectivity index (χ3v) is 3.50. The quantitative estimate of drug-likeness (QED) is 0.555. The fourth-order valence-electron chi connectivity index (χ4n) is 2.44. The van der Waals surface area contributed by atoms with Gasteiger partial charge in [-0.15, -0.1) is 0 Å². The third kappa shape index (κ3) is 4.03. The molecule has 106 valence electrons. The Hall–Kier alpha value is -2.41. The highest BCUT2D eigenvalue weighted by Gasteiger charge is 2.20. The molecule has 1 aliphatic rings. The lowest BCUT2D eigenvalue weighted by Gasteiger charge is -2.16. The Labute approximate surface area is 126 Å². The molecule has 2 rings (SSSR count). The highest BCUT2D eigenvalue weighted by atomic mass is 16.1. The van der Waals surface area contributed by atoms with E-state index in [0.29, 0.717) is 0 Å². The summed E-state index contributed by atoms with van der Waals surface area (Å²) in [6.07, 6.45) is 11.9. The molecule has 0 N–H and O–H groups in total. The van der Waals surface area contributed by atoms with Crippen molar-refractivity contribution in [3.63, 3.8) is 0 Å². The maximum Gasteiger partial charge on any atom is 0.185 e. The van der Waals surface area contributed by atoms with Crippen LogP contribution in [0.15, 0.2) is 84.5 Å². The number of carbonyl (C=O) groups excluding carboxylic acids is 1. The van der Waals surface area contributed by atoms with Crippen molar-refractivity contribution < 1.29 is 4.79 Å². The van der Waals surface area contributed by atoms with Gasteiger partial charge < -0.3 is 0 Å². The maximum atomic E-state index is 12.6. The van der Waals surface area contributed by atoms with E-state index in [1.165, 1.54) is 0 Å². The van der Waals surface area contributed by atoms with Gasteiger partial charge in [-0.25, -0.2) is 0 Å². The van der Waals surface area contributed by atoms with Crippen molar-refractivity contribution in [2.75, 3.05) is 0 Å². The minimum absolute atomic E-state index is 0.155. The first kappa shape index (κ1) is 15.0. The van der Waals surface area contributed by atoms with Crippen molar-refractivity contribution in [2.24, 2.45) is 0 Å². The highest BCUT2D eigenvalue weighted by molar-refractivity contribution is 6.11. The number of benzene rings is 1. The first-order chi connectivity index (χ1) is 10.2. The molecule has 0 amide bonds. The molecule has 0 unspecified atom stereocenters. The monoisotopic (exact) mass is 276 g/mol. The van der Waals surface area contributed by atoms with Gasteiger partial charge >= 0.3 is 0 Å². The Morgan fingerprint density at radius 1 is 1.05 bits per heavy atom. The molecule has 1 heteroatoms. The largest absolute Gasteiger partial charge is 0.289 e. The zero-order valence-corrected chi connectivity index (χ0v) is 12.2. The molecule has 0 spiro atoms. The summed E-state index contributed by atoms with van der Waals surface area (Å²) in [5, 5.41) is 0. The maximum absolute atomic E-state index is 12.6. The number of hydrogen-bond donors (Lipinski definition) is 0. The smallest absolute Gasteiger partial charge is 0.185 e. The number of rotatable bonds is 4. The summed E-state index contributed by atoms with van der Waals surface area (Å²) >= 11 is 0. The molecule has 1 saturated carbocycles. The van der Waals surface area contributed by atoms with Crippen LogP contribution in [-0.4, -0.2) is 5.78 Å². The van der Waals surface area contributed by atoms with Crippen LogP contribution in [0.5, 0.6) is 0 Å². The van der Waals surface area contributed by atoms with Gasteiger partial charge in [0.25, 0.3) is 0 Å². The first-order valence-corrected chi connectivity index (χ1v) is 7.20. The van der Waals surface area contributed by atoms with Crippen molar-refractivity contribution in [1.82, 2.24) is 0 Å². The van der Waals surface area contributed by atoms with Crippen molar-refractivity contribution in [3.05, 3.63) is 90.1 Å². The fraction of sp³-hybridized carbons (Fsp3) is 0.150. The molecule has 0 bridgehead atoms. The summed E-state index contributed by atoms with van der Waals surface area (Å²) < 4.78 is 0. The molecular formula is C20H20O. The van der Waals surface area contributed by atoms with Crippen LogP contribution in [0, 0.1) is 0 Å². The van der Waals surface area contributed by atoms with Gasteiger partial charge in [-0.3, -0.25) is 4.79 Å². The molecular weight excluding hydrogens is 256 g/mol. The van der Waals surface area contributed by atoms with E-state index in [9.17, 15) is 4.79 Å². The molecule has 1 aromatic carbocycles. The van der Waals surface area contributed by atoms with Gasteiger partial charge in [0, 0.05) is 11.1 Å². The average molecular weight is 276 g/mol. The number of Topliss-reactive ketones (excluding diaryl/α,β-unsaturated/α-hetero) is 1. The van der Waals surface area contributed by atoms with Crippen molar-refractivity contribution in [2.45, 2.75) is 19.3 Å². The predicted octanol–water partition coefficient (Wildman–Crippen LogP) is 5.05. The molecule has 1 aromatic rings. The second-order valence-electron chi connectivity index (χ2n) is 5.04. The lowest BCUT2D eigenvalue weighted by atomic mass is 9.87.